The van der Waals surface area contributed by atoms with Gasteiger partial charge in [0.1, 0.15) is 5.75 Å². The van der Waals surface area contributed by atoms with Crippen molar-refractivity contribution in [2.75, 3.05) is 7.11 Å². The van der Waals surface area contributed by atoms with Crippen LogP contribution in [0.1, 0.15) is 55.0 Å². The minimum atomic E-state index is -4.76. The maximum atomic E-state index is 12.4. The van der Waals surface area contributed by atoms with Gasteiger partial charge in [-0.15, -0.1) is 13.2 Å². The van der Waals surface area contributed by atoms with Crippen LogP contribution in [0.5, 0.6) is 5.75 Å². The average Bonchev–Trinajstić information content (AvgIpc) is 2.88. The number of hydrogen-bond donors (Lipinski definition) is 1. The quantitative estimate of drug-likeness (QED) is 0.232. The van der Waals surface area contributed by atoms with Crippen LogP contribution < -0.4 is 4.74 Å². The van der Waals surface area contributed by atoms with Gasteiger partial charge in [0.2, 0.25) is 0 Å². The van der Waals surface area contributed by atoms with Crippen LogP contribution in [0, 0.1) is 5.41 Å². The first-order chi connectivity index (χ1) is 18.4. The van der Waals surface area contributed by atoms with Crippen molar-refractivity contribution in [2.45, 2.75) is 58.3 Å². The summed E-state index contributed by atoms with van der Waals surface area (Å²) in [6, 6.07) is 20.3. The van der Waals surface area contributed by atoms with E-state index in [9.17, 15) is 23.1 Å². The summed E-state index contributed by atoms with van der Waals surface area (Å²) in [5.74, 6) is -0.677. The summed E-state index contributed by atoms with van der Waals surface area (Å²) < 4.78 is 52.4. The lowest BCUT2D eigenvalue weighted by atomic mass is 9.84. The van der Waals surface area contributed by atoms with E-state index in [4.69, 9.17) is 21.1 Å². The maximum absolute atomic E-state index is 12.4. The van der Waals surface area contributed by atoms with Crippen molar-refractivity contribution < 1.29 is 37.3 Å². The van der Waals surface area contributed by atoms with Crippen molar-refractivity contribution in [3.8, 4) is 5.75 Å². The number of carbonyl (C=O) groups excluding carboxylic acids is 1. The summed E-state index contributed by atoms with van der Waals surface area (Å²) in [4.78, 5) is 12.3. The number of rotatable bonds is 12. The number of aliphatic hydroxyl groups is 1. The molecule has 210 valence electrons. The Morgan fingerprint density at radius 2 is 1.64 bits per heavy atom. The highest BCUT2D eigenvalue weighted by atomic mass is 35.5. The normalized spacial score (nSPS) is 13.5. The van der Waals surface area contributed by atoms with Crippen LogP contribution in [0.2, 0.25) is 5.02 Å². The molecule has 39 heavy (non-hydrogen) atoms. The standard InChI is InChI=1S/C30H32ClF3O5/c1-29(2,28(36)37-3)18-25(38-19-21-7-5-4-6-8-21)17-27(35)22-11-14-26(31)23(16-22)15-20-9-12-24(13-10-20)39-30(32,33)34/h4-14,16,25,27,35H,15,17-19H2,1-3H3/t25?,27-/m1/s1. The SMILES string of the molecule is COC(=O)C(C)(C)CC(C[C@@H](O)c1ccc(Cl)c(Cc2ccc(OC(F)(F)F)cc2)c1)OCc1ccccc1. The van der Waals surface area contributed by atoms with Gasteiger partial charge in [0.25, 0.3) is 0 Å². The van der Waals surface area contributed by atoms with Crippen molar-refractivity contribution in [1.82, 2.24) is 0 Å². The summed E-state index contributed by atoms with van der Waals surface area (Å²) in [6.07, 6.45) is -5.25. The van der Waals surface area contributed by atoms with E-state index in [1.165, 1.54) is 31.4 Å². The first-order valence-electron chi connectivity index (χ1n) is 12.4. The molecule has 0 aliphatic rings. The summed E-state index contributed by atoms with van der Waals surface area (Å²) in [5, 5.41) is 11.6. The molecule has 0 heterocycles. The fourth-order valence-electron chi connectivity index (χ4n) is 4.28. The Hall–Kier alpha value is -3.07. The Morgan fingerprint density at radius 1 is 0.974 bits per heavy atom. The van der Waals surface area contributed by atoms with E-state index >= 15 is 0 Å². The number of halogens is 4. The second kappa shape index (κ2) is 13.3. The Kier molecular flexibility index (Phi) is 10.4. The van der Waals surface area contributed by atoms with Crippen molar-refractivity contribution >= 4 is 17.6 Å². The third kappa shape index (κ3) is 9.56. The molecule has 0 saturated carbocycles. The molecule has 9 heteroatoms. The van der Waals surface area contributed by atoms with Crippen LogP contribution in [0.3, 0.4) is 0 Å². The van der Waals surface area contributed by atoms with Crippen LogP contribution >= 0.6 is 11.6 Å². The number of carbonyl (C=O) groups is 1. The van der Waals surface area contributed by atoms with E-state index in [2.05, 4.69) is 4.74 Å². The van der Waals surface area contributed by atoms with Crippen molar-refractivity contribution in [3.05, 3.63) is 100 Å². The second-order valence-electron chi connectivity index (χ2n) is 9.97. The number of benzene rings is 3. The van der Waals surface area contributed by atoms with Gasteiger partial charge < -0.3 is 19.3 Å². The Morgan fingerprint density at radius 3 is 2.26 bits per heavy atom. The van der Waals surface area contributed by atoms with Crippen LogP contribution in [0.25, 0.3) is 0 Å². The molecule has 3 aromatic carbocycles. The number of ether oxygens (including phenoxy) is 3. The molecule has 0 bridgehead atoms. The summed E-state index contributed by atoms with van der Waals surface area (Å²) in [5.41, 5.74) is 2.17. The first kappa shape index (κ1) is 30.5. The van der Waals surface area contributed by atoms with E-state index in [0.717, 1.165) is 11.1 Å². The van der Waals surface area contributed by atoms with E-state index in [1.54, 1.807) is 32.0 Å². The van der Waals surface area contributed by atoms with E-state index in [1.807, 2.05) is 30.3 Å². The third-order valence-electron chi connectivity index (χ3n) is 6.30. The Labute approximate surface area is 231 Å². The molecule has 2 atom stereocenters. The molecule has 1 unspecified atom stereocenters. The fraction of sp³-hybridized carbons (Fsp3) is 0.367. The zero-order chi connectivity index (χ0) is 28.6. The van der Waals surface area contributed by atoms with Gasteiger partial charge in [-0.25, -0.2) is 0 Å². The van der Waals surface area contributed by atoms with Gasteiger partial charge in [0, 0.05) is 11.4 Å². The highest BCUT2D eigenvalue weighted by Gasteiger charge is 2.34. The third-order valence-corrected chi connectivity index (χ3v) is 6.67. The number of alkyl halides is 3. The molecule has 0 aliphatic carbocycles. The number of hydrogen-bond acceptors (Lipinski definition) is 5. The van der Waals surface area contributed by atoms with E-state index in [0.29, 0.717) is 35.6 Å². The van der Waals surface area contributed by atoms with Gasteiger partial charge in [-0.1, -0.05) is 66.2 Å². The topological polar surface area (TPSA) is 65.0 Å². The van der Waals surface area contributed by atoms with Crippen LogP contribution in [-0.2, 0) is 27.3 Å². The molecule has 5 nitrogen and oxygen atoms in total. The highest BCUT2D eigenvalue weighted by molar-refractivity contribution is 6.31. The van der Waals surface area contributed by atoms with Gasteiger partial charge in [0.05, 0.1) is 31.3 Å². The summed E-state index contributed by atoms with van der Waals surface area (Å²) in [6.45, 7) is 3.86. The zero-order valence-corrected chi connectivity index (χ0v) is 22.8. The molecule has 0 fully saturated rings. The monoisotopic (exact) mass is 564 g/mol. The maximum Gasteiger partial charge on any atom is 0.573 e. The highest BCUT2D eigenvalue weighted by Crippen LogP contribution is 2.32. The second-order valence-corrected chi connectivity index (χ2v) is 10.4. The zero-order valence-electron chi connectivity index (χ0n) is 22.0. The molecule has 0 radical (unpaired) electrons. The van der Waals surface area contributed by atoms with Crippen LogP contribution in [0.4, 0.5) is 13.2 Å². The smallest absolute Gasteiger partial charge is 0.469 e. The number of methoxy groups -OCH3 is 1. The van der Waals surface area contributed by atoms with Crippen LogP contribution in [0.15, 0.2) is 72.8 Å². The van der Waals surface area contributed by atoms with Crippen molar-refractivity contribution in [1.29, 1.82) is 0 Å². The Balaban J connectivity index is 1.74. The lowest BCUT2D eigenvalue weighted by Crippen LogP contribution is -2.32. The average molecular weight is 565 g/mol. The largest absolute Gasteiger partial charge is 0.573 e. The molecular formula is C30H32ClF3O5. The molecule has 0 aliphatic heterocycles. The van der Waals surface area contributed by atoms with E-state index < -0.39 is 24.0 Å². The van der Waals surface area contributed by atoms with Gasteiger partial charge in [-0.05, 0) is 67.1 Å². The molecule has 0 aromatic heterocycles. The number of aliphatic hydroxyl groups excluding tert-OH is 1. The molecule has 3 rings (SSSR count). The predicted molar refractivity (Wildman–Crippen MR) is 142 cm³/mol. The van der Waals surface area contributed by atoms with Crippen molar-refractivity contribution in [3.63, 3.8) is 0 Å². The van der Waals surface area contributed by atoms with Gasteiger partial charge in [0.15, 0.2) is 0 Å². The molecular weight excluding hydrogens is 533 g/mol. The molecule has 0 spiro atoms. The molecule has 1 N–H and O–H groups in total. The lowest BCUT2D eigenvalue weighted by molar-refractivity contribution is -0.274. The summed E-state index contributed by atoms with van der Waals surface area (Å²) in [7, 11) is 1.34. The molecule has 0 saturated heterocycles. The molecule has 0 amide bonds. The molecule has 3 aromatic rings. The van der Waals surface area contributed by atoms with Gasteiger partial charge in [-0.3, -0.25) is 4.79 Å². The minimum absolute atomic E-state index is 0.220. The predicted octanol–water partition coefficient (Wildman–Crippen LogP) is 7.43. The first-order valence-corrected chi connectivity index (χ1v) is 12.8. The fourth-order valence-corrected chi connectivity index (χ4v) is 4.46. The van der Waals surface area contributed by atoms with Gasteiger partial charge in [-0.2, -0.15) is 0 Å². The Bertz CT molecular complexity index is 1210. The number of esters is 1. The minimum Gasteiger partial charge on any atom is -0.469 e. The van der Waals surface area contributed by atoms with Crippen molar-refractivity contribution in [2.24, 2.45) is 5.41 Å². The summed E-state index contributed by atoms with van der Waals surface area (Å²) >= 11 is 6.40. The van der Waals surface area contributed by atoms with Crippen LogP contribution in [-0.4, -0.2) is 30.7 Å². The van der Waals surface area contributed by atoms with Gasteiger partial charge >= 0.3 is 12.3 Å². The van der Waals surface area contributed by atoms with E-state index in [-0.39, 0.29) is 18.1 Å². The lowest BCUT2D eigenvalue weighted by Gasteiger charge is -2.29.